The molecule has 1 aliphatic carbocycles. The van der Waals surface area contributed by atoms with Gasteiger partial charge >= 0.3 is 0 Å². The Balaban J connectivity index is 2.09. The summed E-state index contributed by atoms with van der Waals surface area (Å²) < 4.78 is 0. The molecule has 0 aliphatic heterocycles. The fourth-order valence-electron chi connectivity index (χ4n) is 2.34. The molecule has 0 saturated heterocycles. The van der Waals surface area contributed by atoms with Gasteiger partial charge in [0.1, 0.15) is 10.6 Å². The second-order valence-electron chi connectivity index (χ2n) is 5.58. The molecule has 0 radical (unpaired) electrons. The molecule has 0 N–H and O–H groups in total. The van der Waals surface area contributed by atoms with E-state index in [-0.39, 0.29) is 0 Å². The SMILES string of the molecule is Cc1cc2c(N(CC3CC3)C(C)C)nc(Cl)nc2s1. The average molecular weight is 296 g/mol. The Morgan fingerprint density at radius 3 is 2.79 bits per heavy atom. The van der Waals surface area contributed by atoms with E-state index in [1.54, 1.807) is 11.3 Å². The lowest BCUT2D eigenvalue weighted by molar-refractivity contribution is 0.639. The topological polar surface area (TPSA) is 29.0 Å². The maximum atomic E-state index is 6.09. The van der Waals surface area contributed by atoms with Crippen molar-refractivity contribution < 1.29 is 0 Å². The van der Waals surface area contributed by atoms with Crippen molar-refractivity contribution in [3.05, 3.63) is 16.2 Å². The number of aryl methyl sites for hydroxylation is 1. The van der Waals surface area contributed by atoms with E-state index in [4.69, 9.17) is 11.6 Å². The number of rotatable bonds is 4. The summed E-state index contributed by atoms with van der Waals surface area (Å²) in [5.41, 5.74) is 0. The van der Waals surface area contributed by atoms with Gasteiger partial charge in [0.25, 0.3) is 0 Å². The lowest BCUT2D eigenvalue weighted by Gasteiger charge is -2.28. The van der Waals surface area contributed by atoms with E-state index in [0.717, 1.165) is 28.5 Å². The van der Waals surface area contributed by atoms with Crippen LogP contribution in [0.2, 0.25) is 5.28 Å². The number of aromatic nitrogens is 2. The van der Waals surface area contributed by atoms with Gasteiger partial charge in [-0.1, -0.05) is 0 Å². The molecule has 0 amide bonds. The van der Waals surface area contributed by atoms with Gasteiger partial charge in [0.15, 0.2) is 0 Å². The third-order valence-corrected chi connectivity index (χ3v) is 4.63. The van der Waals surface area contributed by atoms with E-state index in [1.165, 1.54) is 17.7 Å². The molecule has 0 unspecified atom stereocenters. The van der Waals surface area contributed by atoms with Gasteiger partial charge in [-0.05, 0) is 57.2 Å². The quantitative estimate of drug-likeness (QED) is 0.789. The third-order valence-electron chi connectivity index (χ3n) is 3.52. The molecule has 0 spiro atoms. The standard InChI is InChI=1S/C14H18ClN3S/c1-8(2)18(7-10-4-5-10)12-11-6-9(3)19-13(11)17-14(15)16-12/h6,8,10H,4-5,7H2,1-3H3. The highest BCUT2D eigenvalue weighted by atomic mass is 35.5. The van der Waals surface area contributed by atoms with Gasteiger partial charge in [0.2, 0.25) is 5.28 Å². The highest BCUT2D eigenvalue weighted by Crippen LogP contribution is 2.36. The summed E-state index contributed by atoms with van der Waals surface area (Å²) in [4.78, 5) is 13.5. The van der Waals surface area contributed by atoms with Crippen LogP contribution < -0.4 is 4.90 Å². The second-order valence-corrected chi connectivity index (χ2v) is 7.15. The zero-order chi connectivity index (χ0) is 13.6. The van der Waals surface area contributed by atoms with Crippen molar-refractivity contribution in [3.63, 3.8) is 0 Å². The minimum Gasteiger partial charge on any atom is -0.353 e. The summed E-state index contributed by atoms with van der Waals surface area (Å²) in [7, 11) is 0. The van der Waals surface area contributed by atoms with Gasteiger partial charge in [-0.15, -0.1) is 11.3 Å². The molecule has 1 aliphatic rings. The second kappa shape index (κ2) is 4.91. The molecule has 2 heterocycles. The molecule has 5 heteroatoms. The van der Waals surface area contributed by atoms with E-state index in [1.807, 2.05) is 0 Å². The van der Waals surface area contributed by atoms with E-state index < -0.39 is 0 Å². The summed E-state index contributed by atoms with van der Waals surface area (Å²) in [5, 5.41) is 1.49. The van der Waals surface area contributed by atoms with Crippen LogP contribution in [0.1, 0.15) is 31.6 Å². The minimum atomic E-state index is 0.353. The van der Waals surface area contributed by atoms with Crippen molar-refractivity contribution in [2.75, 3.05) is 11.4 Å². The molecule has 102 valence electrons. The van der Waals surface area contributed by atoms with Crippen LogP contribution in [0, 0.1) is 12.8 Å². The number of halogens is 1. The first-order chi connectivity index (χ1) is 9.04. The first-order valence-corrected chi connectivity index (χ1v) is 7.94. The average Bonchev–Trinajstić information content (AvgIpc) is 3.06. The maximum absolute atomic E-state index is 6.09. The Labute approximate surface area is 122 Å². The molecule has 3 nitrogen and oxygen atoms in total. The lowest BCUT2D eigenvalue weighted by atomic mass is 10.2. The van der Waals surface area contributed by atoms with Crippen LogP contribution in [-0.4, -0.2) is 22.6 Å². The fourth-order valence-corrected chi connectivity index (χ4v) is 3.43. The molecule has 1 saturated carbocycles. The van der Waals surface area contributed by atoms with E-state index in [2.05, 4.69) is 41.7 Å². The van der Waals surface area contributed by atoms with Crippen molar-refractivity contribution >= 4 is 39.0 Å². The van der Waals surface area contributed by atoms with Gasteiger partial charge < -0.3 is 4.90 Å². The molecule has 0 atom stereocenters. The Hall–Kier alpha value is -0.870. The zero-order valence-electron chi connectivity index (χ0n) is 11.5. The molecular weight excluding hydrogens is 278 g/mol. The van der Waals surface area contributed by atoms with Gasteiger partial charge in [0, 0.05) is 17.5 Å². The largest absolute Gasteiger partial charge is 0.353 e. The molecule has 0 bridgehead atoms. The number of hydrogen-bond acceptors (Lipinski definition) is 4. The van der Waals surface area contributed by atoms with Crippen molar-refractivity contribution in [2.24, 2.45) is 5.92 Å². The minimum absolute atomic E-state index is 0.353. The highest BCUT2D eigenvalue weighted by Gasteiger charge is 2.27. The van der Waals surface area contributed by atoms with E-state index in [0.29, 0.717) is 11.3 Å². The van der Waals surface area contributed by atoms with Crippen LogP contribution in [0.4, 0.5) is 5.82 Å². The smallest absolute Gasteiger partial charge is 0.225 e. The van der Waals surface area contributed by atoms with Gasteiger partial charge in [0.05, 0.1) is 5.39 Å². The van der Waals surface area contributed by atoms with Crippen molar-refractivity contribution in [1.82, 2.24) is 9.97 Å². The summed E-state index contributed by atoms with van der Waals surface area (Å²) in [6.45, 7) is 7.60. The summed E-state index contributed by atoms with van der Waals surface area (Å²) >= 11 is 7.77. The third kappa shape index (κ3) is 2.70. The predicted octanol–water partition coefficient (Wildman–Crippen LogP) is 4.28. The number of thiophene rings is 1. The maximum Gasteiger partial charge on any atom is 0.225 e. The van der Waals surface area contributed by atoms with Crippen molar-refractivity contribution in [2.45, 2.75) is 39.7 Å². The monoisotopic (exact) mass is 295 g/mol. The molecule has 1 fully saturated rings. The van der Waals surface area contributed by atoms with Crippen LogP contribution in [0.15, 0.2) is 6.07 Å². The molecule has 0 aromatic carbocycles. The number of nitrogens with zero attached hydrogens (tertiary/aromatic N) is 3. The van der Waals surface area contributed by atoms with E-state index in [9.17, 15) is 0 Å². The summed E-state index contributed by atoms with van der Waals surface area (Å²) in [5.74, 6) is 1.83. The fraction of sp³-hybridized carbons (Fsp3) is 0.571. The molecule has 2 aromatic heterocycles. The Bertz CT molecular complexity index is 604. The van der Waals surface area contributed by atoms with Crippen LogP contribution in [0.25, 0.3) is 10.2 Å². The molecule has 3 rings (SSSR count). The zero-order valence-corrected chi connectivity index (χ0v) is 13.1. The summed E-state index contributed by atoms with van der Waals surface area (Å²) in [6.07, 6.45) is 2.68. The van der Waals surface area contributed by atoms with Crippen LogP contribution in [0.5, 0.6) is 0 Å². The van der Waals surface area contributed by atoms with Crippen molar-refractivity contribution in [3.8, 4) is 0 Å². The first-order valence-electron chi connectivity index (χ1n) is 6.75. The van der Waals surface area contributed by atoms with E-state index >= 15 is 0 Å². The van der Waals surface area contributed by atoms with Gasteiger partial charge in [-0.25, -0.2) is 4.98 Å². The Kier molecular flexibility index (Phi) is 3.39. The Morgan fingerprint density at radius 2 is 2.16 bits per heavy atom. The normalized spacial score (nSPS) is 15.4. The predicted molar refractivity (Wildman–Crippen MR) is 82.4 cm³/mol. The highest BCUT2D eigenvalue weighted by molar-refractivity contribution is 7.18. The number of fused-ring (bicyclic) bond motifs is 1. The van der Waals surface area contributed by atoms with Gasteiger partial charge in [-0.2, -0.15) is 4.98 Å². The lowest BCUT2D eigenvalue weighted by Crippen LogP contribution is -2.33. The molecular formula is C14H18ClN3S. The summed E-state index contributed by atoms with van der Waals surface area (Å²) in [6, 6.07) is 2.60. The number of anilines is 1. The van der Waals surface area contributed by atoms with Crippen LogP contribution in [0.3, 0.4) is 0 Å². The Morgan fingerprint density at radius 1 is 1.42 bits per heavy atom. The molecule has 2 aromatic rings. The van der Waals surface area contributed by atoms with Crippen LogP contribution >= 0.6 is 22.9 Å². The van der Waals surface area contributed by atoms with Crippen LogP contribution in [-0.2, 0) is 0 Å². The van der Waals surface area contributed by atoms with Gasteiger partial charge in [-0.3, -0.25) is 0 Å². The number of hydrogen-bond donors (Lipinski definition) is 0. The molecule has 19 heavy (non-hydrogen) atoms. The van der Waals surface area contributed by atoms with Crippen molar-refractivity contribution in [1.29, 1.82) is 0 Å². The first kappa shape index (κ1) is 13.1.